The zero-order valence-corrected chi connectivity index (χ0v) is 12.7. The molecule has 1 atom stereocenters. The van der Waals surface area contributed by atoms with Crippen molar-refractivity contribution in [1.82, 2.24) is 4.90 Å². The van der Waals surface area contributed by atoms with Gasteiger partial charge < -0.3 is 15.3 Å². The third-order valence-electron chi connectivity index (χ3n) is 3.77. The third-order valence-corrected chi connectivity index (χ3v) is 4.63. The molecule has 0 spiro atoms. The van der Waals surface area contributed by atoms with Gasteiger partial charge in [0.15, 0.2) is 0 Å². The summed E-state index contributed by atoms with van der Waals surface area (Å²) in [4.78, 5) is 15.5. The Labute approximate surface area is 128 Å². The van der Waals surface area contributed by atoms with Crippen LogP contribution in [-0.4, -0.2) is 22.6 Å². The Hall–Kier alpha value is -2.01. The number of rotatable bonds is 2. The van der Waals surface area contributed by atoms with Crippen molar-refractivity contribution in [1.29, 1.82) is 0 Å². The van der Waals surface area contributed by atoms with E-state index in [0.717, 1.165) is 30.6 Å². The molecule has 2 N–H and O–H groups in total. The van der Waals surface area contributed by atoms with E-state index >= 15 is 0 Å². The van der Waals surface area contributed by atoms with Crippen LogP contribution >= 0.6 is 11.3 Å². The number of benzene rings is 1. The van der Waals surface area contributed by atoms with Crippen molar-refractivity contribution < 1.29 is 9.90 Å². The summed E-state index contributed by atoms with van der Waals surface area (Å²) in [5, 5.41) is 14.3. The van der Waals surface area contributed by atoms with Crippen molar-refractivity contribution in [3.05, 3.63) is 46.2 Å². The van der Waals surface area contributed by atoms with Crippen molar-refractivity contribution in [3.8, 4) is 5.75 Å². The van der Waals surface area contributed by atoms with Gasteiger partial charge in [-0.3, -0.25) is 0 Å². The lowest BCUT2D eigenvalue weighted by Gasteiger charge is -2.25. The van der Waals surface area contributed by atoms with Gasteiger partial charge in [-0.1, -0.05) is 12.1 Å². The van der Waals surface area contributed by atoms with E-state index in [1.165, 1.54) is 4.88 Å². The lowest BCUT2D eigenvalue weighted by atomic mass is 10.0. The predicted molar refractivity (Wildman–Crippen MR) is 84.9 cm³/mol. The fraction of sp³-hybridized carbons (Fsp3) is 0.312. The number of nitrogens with zero attached hydrogens (tertiary/aromatic N) is 1. The molecule has 1 aromatic heterocycles. The fourth-order valence-electron chi connectivity index (χ4n) is 2.76. The fourth-order valence-corrected chi connectivity index (χ4v) is 3.39. The van der Waals surface area contributed by atoms with E-state index in [9.17, 15) is 9.90 Å². The maximum absolute atomic E-state index is 12.4. The van der Waals surface area contributed by atoms with Gasteiger partial charge in [-0.2, -0.15) is 0 Å². The normalized spacial score (nSPS) is 18.0. The number of likely N-dealkylation sites (tertiary alicyclic amines) is 1. The molecule has 0 radical (unpaired) electrons. The molecule has 110 valence electrons. The highest BCUT2D eigenvalue weighted by Crippen LogP contribution is 2.33. The molecular formula is C16H18N2O2S. The number of amides is 2. The molecule has 0 bridgehead atoms. The molecule has 1 aliphatic heterocycles. The zero-order valence-electron chi connectivity index (χ0n) is 11.9. The standard InChI is InChI=1S/C16H18N2O2S/c1-11-9-13(10-21-11)17-16(20)18-8-2-3-15(18)12-4-6-14(19)7-5-12/h4-7,9-10,15,19H,2-3,8H2,1H3,(H,17,20). The largest absolute Gasteiger partial charge is 0.508 e. The van der Waals surface area contributed by atoms with E-state index in [4.69, 9.17) is 0 Å². The van der Waals surface area contributed by atoms with Crippen molar-refractivity contribution in [2.75, 3.05) is 11.9 Å². The number of phenolic OH excluding ortho intramolecular Hbond substituents is 1. The second-order valence-electron chi connectivity index (χ2n) is 5.32. The van der Waals surface area contributed by atoms with Crippen molar-refractivity contribution in [2.45, 2.75) is 25.8 Å². The van der Waals surface area contributed by atoms with Crippen LogP contribution in [0.5, 0.6) is 5.75 Å². The number of hydrogen-bond acceptors (Lipinski definition) is 3. The average molecular weight is 302 g/mol. The number of urea groups is 1. The van der Waals surface area contributed by atoms with Gasteiger partial charge in [0.05, 0.1) is 11.7 Å². The first-order valence-electron chi connectivity index (χ1n) is 7.05. The molecule has 0 saturated carbocycles. The summed E-state index contributed by atoms with van der Waals surface area (Å²) >= 11 is 1.63. The van der Waals surface area contributed by atoms with E-state index in [-0.39, 0.29) is 17.8 Å². The Morgan fingerprint density at radius 1 is 1.38 bits per heavy atom. The molecule has 2 heterocycles. The van der Waals surface area contributed by atoms with E-state index in [1.807, 2.05) is 35.4 Å². The van der Waals surface area contributed by atoms with Crippen molar-refractivity contribution >= 4 is 23.1 Å². The van der Waals surface area contributed by atoms with Crippen LogP contribution in [0.15, 0.2) is 35.7 Å². The summed E-state index contributed by atoms with van der Waals surface area (Å²) in [5.74, 6) is 0.251. The predicted octanol–water partition coefficient (Wildman–Crippen LogP) is 4.13. The number of hydrogen-bond donors (Lipinski definition) is 2. The Morgan fingerprint density at radius 2 is 2.14 bits per heavy atom. The number of thiophene rings is 1. The molecule has 4 nitrogen and oxygen atoms in total. The Bertz CT molecular complexity index is 636. The van der Waals surface area contributed by atoms with E-state index in [1.54, 1.807) is 23.5 Å². The lowest BCUT2D eigenvalue weighted by molar-refractivity contribution is 0.207. The number of aryl methyl sites for hydroxylation is 1. The highest BCUT2D eigenvalue weighted by molar-refractivity contribution is 7.10. The Kier molecular flexibility index (Phi) is 3.84. The van der Waals surface area contributed by atoms with Crippen LogP contribution in [-0.2, 0) is 0 Å². The molecule has 1 aliphatic rings. The van der Waals surface area contributed by atoms with Gasteiger partial charge in [0, 0.05) is 16.8 Å². The first-order chi connectivity index (χ1) is 10.1. The highest BCUT2D eigenvalue weighted by atomic mass is 32.1. The lowest BCUT2D eigenvalue weighted by Crippen LogP contribution is -2.34. The monoisotopic (exact) mass is 302 g/mol. The van der Waals surface area contributed by atoms with E-state index < -0.39 is 0 Å². The van der Waals surface area contributed by atoms with Gasteiger partial charge in [0.25, 0.3) is 0 Å². The molecule has 1 aromatic carbocycles. The van der Waals surface area contributed by atoms with Crippen LogP contribution in [0.3, 0.4) is 0 Å². The summed E-state index contributed by atoms with van der Waals surface area (Å²) < 4.78 is 0. The van der Waals surface area contributed by atoms with Crippen LogP contribution in [0.2, 0.25) is 0 Å². The minimum absolute atomic E-state index is 0.0524. The van der Waals surface area contributed by atoms with Crippen molar-refractivity contribution in [3.63, 3.8) is 0 Å². The van der Waals surface area contributed by atoms with Gasteiger partial charge in [-0.25, -0.2) is 4.79 Å². The van der Waals surface area contributed by atoms with Gasteiger partial charge in [-0.15, -0.1) is 11.3 Å². The number of carbonyl (C=O) groups is 1. The minimum atomic E-state index is -0.0524. The van der Waals surface area contributed by atoms with Crippen LogP contribution in [0, 0.1) is 6.92 Å². The van der Waals surface area contributed by atoms with Gasteiger partial charge in [0.2, 0.25) is 0 Å². The molecule has 1 unspecified atom stereocenters. The molecule has 1 fully saturated rings. The molecule has 21 heavy (non-hydrogen) atoms. The smallest absolute Gasteiger partial charge is 0.322 e. The Balaban J connectivity index is 1.74. The first kappa shape index (κ1) is 13.9. The highest BCUT2D eigenvalue weighted by Gasteiger charge is 2.30. The van der Waals surface area contributed by atoms with Gasteiger partial charge >= 0.3 is 6.03 Å². The number of carbonyl (C=O) groups excluding carboxylic acids is 1. The minimum Gasteiger partial charge on any atom is -0.508 e. The Morgan fingerprint density at radius 3 is 2.81 bits per heavy atom. The topological polar surface area (TPSA) is 52.6 Å². The molecule has 2 amide bonds. The maximum Gasteiger partial charge on any atom is 0.322 e. The molecule has 3 rings (SSSR count). The number of nitrogens with one attached hydrogen (secondary N) is 1. The molecule has 1 saturated heterocycles. The van der Waals surface area contributed by atoms with Crippen LogP contribution in [0.1, 0.15) is 29.3 Å². The summed E-state index contributed by atoms with van der Waals surface area (Å²) in [6, 6.07) is 9.14. The zero-order chi connectivity index (χ0) is 14.8. The molecular weight excluding hydrogens is 284 g/mol. The first-order valence-corrected chi connectivity index (χ1v) is 7.93. The van der Waals surface area contributed by atoms with E-state index in [2.05, 4.69) is 5.32 Å². The molecule has 0 aliphatic carbocycles. The third kappa shape index (κ3) is 3.03. The summed E-state index contributed by atoms with van der Waals surface area (Å²) in [6.45, 7) is 2.79. The number of phenols is 1. The second-order valence-corrected chi connectivity index (χ2v) is 6.43. The number of aromatic hydroxyl groups is 1. The van der Waals surface area contributed by atoms with Crippen molar-refractivity contribution in [2.24, 2.45) is 0 Å². The van der Waals surface area contributed by atoms with Gasteiger partial charge in [-0.05, 0) is 43.5 Å². The second kappa shape index (κ2) is 5.77. The summed E-state index contributed by atoms with van der Waals surface area (Å²) in [6.07, 6.45) is 1.96. The molecule has 5 heteroatoms. The quantitative estimate of drug-likeness (QED) is 0.876. The number of anilines is 1. The molecule has 2 aromatic rings. The summed E-state index contributed by atoms with van der Waals surface area (Å²) in [5.41, 5.74) is 1.93. The van der Waals surface area contributed by atoms with Crippen LogP contribution in [0.4, 0.5) is 10.5 Å². The summed E-state index contributed by atoms with van der Waals surface area (Å²) in [7, 11) is 0. The van der Waals surface area contributed by atoms with E-state index in [0.29, 0.717) is 0 Å². The SMILES string of the molecule is Cc1cc(NC(=O)N2CCCC2c2ccc(O)cc2)cs1. The van der Waals surface area contributed by atoms with Crippen LogP contribution in [0.25, 0.3) is 0 Å². The van der Waals surface area contributed by atoms with Gasteiger partial charge in [0.1, 0.15) is 5.75 Å². The van der Waals surface area contributed by atoms with Crippen LogP contribution < -0.4 is 5.32 Å². The average Bonchev–Trinajstić information content (AvgIpc) is 3.09. The maximum atomic E-state index is 12.4.